The summed E-state index contributed by atoms with van der Waals surface area (Å²) in [6.07, 6.45) is 1.94. The summed E-state index contributed by atoms with van der Waals surface area (Å²) in [5.74, 6) is 0.494. The number of para-hydroxylation sites is 1. The van der Waals surface area contributed by atoms with Gasteiger partial charge in [-0.25, -0.2) is 9.07 Å². The average Bonchev–Trinajstić information content (AvgIpc) is 3.12. The SMILES string of the molecule is CN=C(NCc1ccn(-c2ccccc2)n1)N(C)Cc1cccc(F)c1.I. The van der Waals surface area contributed by atoms with E-state index in [-0.39, 0.29) is 29.8 Å². The van der Waals surface area contributed by atoms with E-state index in [4.69, 9.17) is 0 Å². The molecule has 0 radical (unpaired) electrons. The van der Waals surface area contributed by atoms with Gasteiger partial charge in [-0.05, 0) is 35.9 Å². The van der Waals surface area contributed by atoms with Gasteiger partial charge in [0.25, 0.3) is 0 Å². The van der Waals surface area contributed by atoms with Gasteiger partial charge < -0.3 is 10.2 Å². The molecule has 2 aromatic carbocycles. The number of nitrogens with zero attached hydrogens (tertiary/aromatic N) is 4. The minimum atomic E-state index is -0.231. The lowest BCUT2D eigenvalue weighted by atomic mass is 10.2. The summed E-state index contributed by atoms with van der Waals surface area (Å²) in [5.41, 5.74) is 2.82. The Hall–Kier alpha value is -2.42. The molecular weight excluding hydrogens is 456 g/mol. The van der Waals surface area contributed by atoms with Gasteiger partial charge in [-0.1, -0.05) is 30.3 Å². The van der Waals surface area contributed by atoms with Crippen LogP contribution in [0.1, 0.15) is 11.3 Å². The third-order valence-electron chi connectivity index (χ3n) is 3.97. The Bertz CT molecular complexity index is 879. The van der Waals surface area contributed by atoms with Crippen LogP contribution >= 0.6 is 24.0 Å². The summed E-state index contributed by atoms with van der Waals surface area (Å²) in [6, 6.07) is 18.5. The molecule has 0 aliphatic rings. The maximum atomic E-state index is 13.3. The predicted octanol–water partition coefficient (Wildman–Crippen LogP) is 3.84. The third-order valence-corrected chi connectivity index (χ3v) is 3.97. The third kappa shape index (κ3) is 5.78. The zero-order valence-electron chi connectivity index (χ0n) is 15.3. The summed E-state index contributed by atoms with van der Waals surface area (Å²) < 4.78 is 15.2. The fourth-order valence-corrected chi connectivity index (χ4v) is 2.72. The van der Waals surface area contributed by atoms with Crippen molar-refractivity contribution >= 4 is 29.9 Å². The van der Waals surface area contributed by atoms with Gasteiger partial charge in [0.2, 0.25) is 0 Å². The maximum absolute atomic E-state index is 13.3. The molecule has 0 spiro atoms. The number of halogens is 2. The van der Waals surface area contributed by atoms with Gasteiger partial charge in [0, 0.05) is 26.8 Å². The maximum Gasteiger partial charge on any atom is 0.194 e. The Morgan fingerprint density at radius 1 is 1.15 bits per heavy atom. The molecule has 0 aliphatic carbocycles. The summed E-state index contributed by atoms with van der Waals surface area (Å²) in [7, 11) is 3.65. The second-order valence-corrected chi connectivity index (χ2v) is 5.97. The van der Waals surface area contributed by atoms with Gasteiger partial charge in [-0.3, -0.25) is 4.99 Å². The van der Waals surface area contributed by atoms with Gasteiger partial charge in [0.05, 0.1) is 17.9 Å². The second kappa shape index (κ2) is 10.1. The average molecular weight is 479 g/mol. The van der Waals surface area contributed by atoms with Crippen LogP contribution in [0.3, 0.4) is 0 Å². The number of guanidine groups is 1. The molecule has 1 heterocycles. The molecule has 7 heteroatoms. The lowest BCUT2D eigenvalue weighted by Gasteiger charge is -2.21. The summed E-state index contributed by atoms with van der Waals surface area (Å²) >= 11 is 0. The van der Waals surface area contributed by atoms with Crippen LogP contribution in [0.5, 0.6) is 0 Å². The van der Waals surface area contributed by atoms with E-state index in [0.717, 1.165) is 22.9 Å². The number of aliphatic imine (C=N–C) groups is 1. The summed E-state index contributed by atoms with van der Waals surface area (Å²) in [4.78, 5) is 6.24. The number of rotatable bonds is 5. The van der Waals surface area contributed by atoms with Crippen LogP contribution in [-0.2, 0) is 13.1 Å². The van der Waals surface area contributed by atoms with Crippen molar-refractivity contribution in [1.82, 2.24) is 20.0 Å². The quantitative estimate of drug-likeness (QED) is 0.344. The van der Waals surface area contributed by atoms with Crippen LogP contribution in [0.2, 0.25) is 0 Å². The van der Waals surface area contributed by atoms with Crippen LogP contribution in [0.15, 0.2) is 71.9 Å². The molecule has 1 aromatic heterocycles. The second-order valence-electron chi connectivity index (χ2n) is 5.97. The van der Waals surface area contributed by atoms with Crippen molar-refractivity contribution in [2.24, 2.45) is 4.99 Å². The molecule has 142 valence electrons. The zero-order valence-corrected chi connectivity index (χ0v) is 17.7. The fraction of sp³-hybridized carbons (Fsp3) is 0.200. The van der Waals surface area contributed by atoms with E-state index in [1.165, 1.54) is 12.1 Å². The highest BCUT2D eigenvalue weighted by Crippen LogP contribution is 2.08. The largest absolute Gasteiger partial charge is 0.351 e. The summed E-state index contributed by atoms with van der Waals surface area (Å²) in [5, 5.41) is 7.86. The molecule has 0 saturated heterocycles. The van der Waals surface area contributed by atoms with Crippen LogP contribution in [0.4, 0.5) is 4.39 Å². The van der Waals surface area contributed by atoms with E-state index in [0.29, 0.717) is 13.1 Å². The van der Waals surface area contributed by atoms with Crippen molar-refractivity contribution in [3.05, 3.63) is 83.9 Å². The molecule has 3 aromatic rings. The number of benzene rings is 2. The topological polar surface area (TPSA) is 45.5 Å². The van der Waals surface area contributed by atoms with Crippen LogP contribution in [0, 0.1) is 5.82 Å². The molecule has 3 rings (SSSR count). The van der Waals surface area contributed by atoms with Crippen LogP contribution in [0.25, 0.3) is 5.69 Å². The minimum Gasteiger partial charge on any atom is -0.351 e. The molecule has 1 N–H and O–H groups in total. The normalized spacial score (nSPS) is 11.0. The molecule has 0 fully saturated rings. The smallest absolute Gasteiger partial charge is 0.194 e. The first-order chi connectivity index (χ1) is 12.7. The minimum absolute atomic E-state index is 0. The summed E-state index contributed by atoms with van der Waals surface area (Å²) in [6.45, 7) is 1.12. The van der Waals surface area contributed by atoms with Crippen molar-refractivity contribution in [1.29, 1.82) is 0 Å². The molecule has 27 heavy (non-hydrogen) atoms. The number of hydrogen-bond donors (Lipinski definition) is 1. The Morgan fingerprint density at radius 3 is 2.63 bits per heavy atom. The zero-order chi connectivity index (χ0) is 18.4. The fourth-order valence-electron chi connectivity index (χ4n) is 2.72. The molecule has 0 saturated carbocycles. The predicted molar refractivity (Wildman–Crippen MR) is 117 cm³/mol. The highest BCUT2D eigenvalue weighted by Gasteiger charge is 2.08. The lowest BCUT2D eigenvalue weighted by molar-refractivity contribution is 0.474. The van der Waals surface area contributed by atoms with Gasteiger partial charge in [-0.15, -0.1) is 24.0 Å². The first-order valence-corrected chi connectivity index (χ1v) is 8.42. The molecular formula is C20H23FIN5. The van der Waals surface area contributed by atoms with E-state index in [9.17, 15) is 4.39 Å². The van der Waals surface area contributed by atoms with E-state index in [1.807, 2.05) is 65.3 Å². The van der Waals surface area contributed by atoms with E-state index in [2.05, 4.69) is 15.4 Å². The number of aromatic nitrogens is 2. The highest BCUT2D eigenvalue weighted by atomic mass is 127. The van der Waals surface area contributed by atoms with E-state index in [1.54, 1.807) is 13.1 Å². The first-order valence-electron chi connectivity index (χ1n) is 8.42. The standard InChI is InChI=1S/C20H22FN5.HI/c1-22-20(25(2)15-16-7-6-8-17(21)13-16)23-14-18-11-12-26(24-18)19-9-4-3-5-10-19;/h3-13H,14-15H2,1-2H3,(H,22,23);1H. The monoisotopic (exact) mass is 479 g/mol. The van der Waals surface area contributed by atoms with Crippen LogP contribution in [-0.4, -0.2) is 34.7 Å². The van der Waals surface area contributed by atoms with Gasteiger partial charge in [0.1, 0.15) is 5.82 Å². The van der Waals surface area contributed by atoms with Crippen molar-refractivity contribution in [3.63, 3.8) is 0 Å². The van der Waals surface area contributed by atoms with E-state index >= 15 is 0 Å². The lowest BCUT2D eigenvalue weighted by Crippen LogP contribution is -2.38. The Kier molecular flexibility index (Phi) is 7.78. The van der Waals surface area contributed by atoms with Gasteiger partial charge >= 0.3 is 0 Å². The molecule has 5 nitrogen and oxygen atoms in total. The van der Waals surface area contributed by atoms with Gasteiger partial charge in [0.15, 0.2) is 5.96 Å². The van der Waals surface area contributed by atoms with Crippen molar-refractivity contribution < 1.29 is 4.39 Å². The van der Waals surface area contributed by atoms with E-state index < -0.39 is 0 Å². The Balaban J connectivity index is 0.00000261. The molecule has 0 amide bonds. The molecule has 0 atom stereocenters. The van der Waals surface area contributed by atoms with Gasteiger partial charge in [-0.2, -0.15) is 5.10 Å². The van der Waals surface area contributed by atoms with Crippen molar-refractivity contribution in [2.75, 3.05) is 14.1 Å². The highest BCUT2D eigenvalue weighted by molar-refractivity contribution is 14.0. The Labute approximate surface area is 175 Å². The molecule has 0 unspecified atom stereocenters. The number of hydrogen-bond acceptors (Lipinski definition) is 2. The van der Waals surface area contributed by atoms with Crippen molar-refractivity contribution in [3.8, 4) is 5.69 Å². The number of nitrogens with one attached hydrogen (secondary N) is 1. The molecule has 0 bridgehead atoms. The first kappa shape index (κ1) is 20.9. The Morgan fingerprint density at radius 2 is 1.93 bits per heavy atom. The van der Waals surface area contributed by atoms with Crippen LogP contribution < -0.4 is 5.32 Å². The molecule has 0 aliphatic heterocycles. The van der Waals surface area contributed by atoms with Crippen molar-refractivity contribution in [2.45, 2.75) is 13.1 Å².